The van der Waals surface area contributed by atoms with Gasteiger partial charge in [-0.25, -0.2) is 4.79 Å². The van der Waals surface area contributed by atoms with Gasteiger partial charge in [-0.2, -0.15) is 0 Å². The maximum absolute atomic E-state index is 12.5. The van der Waals surface area contributed by atoms with Gasteiger partial charge in [0.05, 0.1) is 12.1 Å². The van der Waals surface area contributed by atoms with Gasteiger partial charge < -0.3 is 20.5 Å². The van der Waals surface area contributed by atoms with Crippen LogP contribution in [0, 0.1) is 5.92 Å². The Kier molecular flexibility index (Phi) is 8.59. The first-order valence-electron chi connectivity index (χ1n) is 11.8. The second-order valence-corrected chi connectivity index (χ2v) is 11.2. The second-order valence-electron chi connectivity index (χ2n) is 10.3. The van der Waals surface area contributed by atoms with Crippen molar-refractivity contribution in [1.29, 1.82) is 0 Å². The number of nitrogens with one attached hydrogen (secondary N) is 2. The van der Waals surface area contributed by atoms with E-state index in [0.717, 1.165) is 23.7 Å². The number of amides is 1. The van der Waals surface area contributed by atoms with E-state index in [2.05, 4.69) is 57.8 Å². The lowest BCUT2D eigenvalue weighted by Gasteiger charge is -2.30. The van der Waals surface area contributed by atoms with Gasteiger partial charge in [-0.15, -0.1) is 0 Å². The number of benzene rings is 2. The highest BCUT2D eigenvalue weighted by Crippen LogP contribution is 2.46. The van der Waals surface area contributed by atoms with Crippen LogP contribution in [0.4, 0.5) is 4.79 Å². The van der Waals surface area contributed by atoms with E-state index < -0.39 is 23.8 Å². The van der Waals surface area contributed by atoms with Crippen molar-refractivity contribution >= 4 is 22.0 Å². The lowest BCUT2D eigenvalue weighted by atomic mass is 9.92. The number of carbonyl (C=O) groups is 1. The van der Waals surface area contributed by atoms with E-state index in [0.29, 0.717) is 13.0 Å². The van der Waals surface area contributed by atoms with Crippen molar-refractivity contribution in [3.05, 3.63) is 70.2 Å². The minimum absolute atomic E-state index is 0.100. The van der Waals surface area contributed by atoms with E-state index in [1.807, 2.05) is 51.1 Å². The third-order valence-corrected chi connectivity index (χ3v) is 6.52. The quantitative estimate of drug-likeness (QED) is 0.387. The summed E-state index contributed by atoms with van der Waals surface area (Å²) in [5, 5.41) is 17.6. The van der Waals surface area contributed by atoms with Crippen LogP contribution in [0.3, 0.4) is 0 Å². The Morgan fingerprint density at radius 1 is 1.15 bits per heavy atom. The first-order valence-corrected chi connectivity index (χ1v) is 12.6. The van der Waals surface area contributed by atoms with E-state index in [4.69, 9.17) is 4.74 Å². The fourth-order valence-electron chi connectivity index (χ4n) is 4.23. The molecule has 3 N–H and O–H groups in total. The first-order chi connectivity index (χ1) is 15.6. The molecule has 1 aliphatic carbocycles. The average Bonchev–Trinajstić information content (AvgIpc) is 3.52. The predicted molar refractivity (Wildman–Crippen MR) is 136 cm³/mol. The summed E-state index contributed by atoms with van der Waals surface area (Å²) in [7, 11) is 0. The van der Waals surface area contributed by atoms with Crippen molar-refractivity contribution in [1.82, 2.24) is 10.6 Å². The Balaban J connectivity index is 1.64. The Labute approximate surface area is 206 Å². The van der Waals surface area contributed by atoms with Gasteiger partial charge in [-0.05, 0) is 75.6 Å². The van der Waals surface area contributed by atoms with Gasteiger partial charge in [0, 0.05) is 16.6 Å². The highest BCUT2D eigenvalue weighted by molar-refractivity contribution is 9.10. The Morgan fingerprint density at radius 3 is 2.45 bits per heavy atom. The van der Waals surface area contributed by atoms with Crippen LogP contribution in [0.2, 0.25) is 0 Å². The molecule has 0 heterocycles. The number of hydrogen-bond acceptors (Lipinski definition) is 4. The molecule has 1 amide bonds. The largest absolute Gasteiger partial charge is 0.444 e. The van der Waals surface area contributed by atoms with Crippen LogP contribution in [-0.2, 0) is 16.7 Å². The number of hydrogen-bond donors (Lipinski definition) is 3. The molecule has 0 bridgehead atoms. The van der Waals surface area contributed by atoms with Crippen LogP contribution in [0.15, 0.2) is 59.1 Å². The molecular formula is C27H37BrN2O3. The monoisotopic (exact) mass is 516 g/mol. The summed E-state index contributed by atoms with van der Waals surface area (Å²) in [4.78, 5) is 12.5. The summed E-state index contributed by atoms with van der Waals surface area (Å²) in [6.45, 7) is 8.07. The van der Waals surface area contributed by atoms with Crippen molar-refractivity contribution < 1.29 is 14.6 Å². The molecule has 0 aromatic heterocycles. The molecule has 3 rings (SSSR count). The average molecular weight is 518 g/mol. The van der Waals surface area contributed by atoms with Crippen molar-refractivity contribution in [3.8, 4) is 0 Å². The zero-order valence-corrected chi connectivity index (χ0v) is 21.7. The molecule has 3 atom stereocenters. The Hall–Kier alpha value is -1.89. The number of aliphatic hydroxyl groups excluding tert-OH is 1. The van der Waals surface area contributed by atoms with Crippen molar-refractivity contribution in [2.75, 3.05) is 6.54 Å². The molecule has 0 aliphatic heterocycles. The molecule has 1 saturated carbocycles. The van der Waals surface area contributed by atoms with Crippen LogP contribution < -0.4 is 10.6 Å². The maximum Gasteiger partial charge on any atom is 0.407 e. The summed E-state index contributed by atoms with van der Waals surface area (Å²) in [6.07, 6.45) is 2.37. The molecule has 0 saturated heterocycles. The summed E-state index contributed by atoms with van der Waals surface area (Å²) in [5.41, 5.74) is 1.78. The fourth-order valence-corrected chi connectivity index (χ4v) is 4.62. The van der Waals surface area contributed by atoms with Crippen LogP contribution in [0.25, 0.3) is 0 Å². The number of carbonyl (C=O) groups excluding carboxylic acids is 1. The summed E-state index contributed by atoms with van der Waals surface area (Å²) < 4.78 is 6.52. The minimum Gasteiger partial charge on any atom is -0.444 e. The predicted octanol–water partition coefficient (Wildman–Crippen LogP) is 5.55. The van der Waals surface area contributed by atoms with Crippen molar-refractivity contribution in [3.63, 3.8) is 0 Å². The fraction of sp³-hybridized carbons (Fsp3) is 0.519. The van der Waals surface area contributed by atoms with Gasteiger partial charge in [0.25, 0.3) is 0 Å². The highest BCUT2D eigenvalue weighted by atomic mass is 79.9. The number of ether oxygens (including phenoxy) is 1. The Bertz CT molecular complexity index is 909. The molecule has 180 valence electrons. The number of halogens is 1. The normalized spacial score (nSPS) is 17.6. The van der Waals surface area contributed by atoms with Crippen LogP contribution >= 0.6 is 15.9 Å². The molecule has 0 radical (unpaired) electrons. The van der Waals surface area contributed by atoms with Crippen LogP contribution in [-0.4, -0.2) is 35.5 Å². The zero-order valence-electron chi connectivity index (χ0n) is 20.1. The summed E-state index contributed by atoms with van der Waals surface area (Å²) in [5.74, 6) is 0.280. The number of alkyl carbamates (subject to hydrolysis) is 1. The SMILES string of the molecule is CC(Cc1ccccc1)C[C@H](NC(=O)OC(C)(C)C)[C@H](O)CNC1(c2cccc(Br)c2)CC1. The van der Waals surface area contributed by atoms with Gasteiger partial charge in [-0.1, -0.05) is 65.3 Å². The standard InChI is InChI=1S/C27H37BrN2O3/c1-19(15-20-9-6-5-7-10-20)16-23(30-25(32)33-26(2,3)4)24(31)18-29-27(13-14-27)21-11-8-12-22(28)17-21/h5-12,17,19,23-24,29,31H,13-16,18H2,1-4H3,(H,30,32)/t19?,23-,24+/m0/s1. The smallest absolute Gasteiger partial charge is 0.407 e. The lowest BCUT2D eigenvalue weighted by Crippen LogP contribution is -2.50. The van der Waals surface area contributed by atoms with E-state index >= 15 is 0 Å². The maximum atomic E-state index is 12.5. The minimum atomic E-state index is -0.736. The topological polar surface area (TPSA) is 70.6 Å². The molecule has 0 spiro atoms. The second kappa shape index (κ2) is 11.0. The molecule has 6 heteroatoms. The molecule has 2 aromatic carbocycles. The van der Waals surface area contributed by atoms with Crippen molar-refractivity contribution in [2.24, 2.45) is 5.92 Å². The third kappa shape index (κ3) is 8.13. The van der Waals surface area contributed by atoms with Crippen LogP contribution in [0.1, 0.15) is 58.1 Å². The van der Waals surface area contributed by atoms with Gasteiger partial charge in [0.1, 0.15) is 5.60 Å². The van der Waals surface area contributed by atoms with E-state index in [-0.39, 0.29) is 11.5 Å². The molecule has 1 unspecified atom stereocenters. The molecule has 33 heavy (non-hydrogen) atoms. The third-order valence-electron chi connectivity index (χ3n) is 6.03. The van der Waals surface area contributed by atoms with Gasteiger partial charge in [0.2, 0.25) is 0 Å². The van der Waals surface area contributed by atoms with E-state index in [1.165, 1.54) is 11.1 Å². The summed E-state index contributed by atoms with van der Waals surface area (Å²) >= 11 is 3.55. The van der Waals surface area contributed by atoms with Crippen molar-refractivity contribution in [2.45, 2.75) is 76.7 Å². The van der Waals surface area contributed by atoms with Crippen LogP contribution in [0.5, 0.6) is 0 Å². The zero-order chi connectivity index (χ0) is 24.1. The molecule has 2 aromatic rings. The van der Waals surface area contributed by atoms with Gasteiger partial charge >= 0.3 is 6.09 Å². The Morgan fingerprint density at radius 2 is 1.85 bits per heavy atom. The van der Waals surface area contributed by atoms with E-state index in [9.17, 15) is 9.90 Å². The number of rotatable bonds is 10. The molecule has 1 aliphatic rings. The van der Waals surface area contributed by atoms with Gasteiger partial charge in [0.15, 0.2) is 0 Å². The number of aliphatic hydroxyl groups is 1. The lowest BCUT2D eigenvalue weighted by molar-refractivity contribution is 0.0397. The van der Waals surface area contributed by atoms with E-state index in [1.54, 1.807) is 0 Å². The molecular weight excluding hydrogens is 480 g/mol. The summed E-state index contributed by atoms with van der Waals surface area (Å²) in [6, 6.07) is 18.2. The first kappa shape index (κ1) is 25.7. The molecule has 5 nitrogen and oxygen atoms in total. The van der Waals surface area contributed by atoms with Gasteiger partial charge in [-0.3, -0.25) is 0 Å². The molecule has 1 fully saturated rings. The highest BCUT2D eigenvalue weighted by Gasteiger charge is 2.44.